The lowest BCUT2D eigenvalue weighted by Gasteiger charge is -2.42. The first-order valence-electron chi connectivity index (χ1n) is 36.7. The van der Waals surface area contributed by atoms with Crippen LogP contribution in [0.4, 0.5) is 0 Å². The lowest BCUT2D eigenvalue weighted by atomic mass is 9.97. The fourth-order valence-electron chi connectivity index (χ4n) is 12.7. The van der Waals surface area contributed by atoms with Gasteiger partial charge in [-0.2, -0.15) is 0 Å². The van der Waals surface area contributed by atoms with Crippen molar-refractivity contribution in [2.24, 2.45) is 0 Å². The van der Waals surface area contributed by atoms with Gasteiger partial charge in [0.15, 0.2) is 25.7 Å². The Balaban J connectivity index is 1.03. The fraction of sp³-hybridized carbons (Fsp3) is 0.875. The maximum absolute atomic E-state index is 14.3. The minimum atomic E-state index is -4.14. The van der Waals surface area contributed by atoms with Crippen molar-refractivity contribution in [3.05, 3.63) is 0 Å². The summed E-state index contributed by atoms with van der Waals surface area (Å²) in [5.41, 5.74) is 0. The number of hydrogen-bond donors (Lipinski definition) is 15. The van der Waals surface area contributed by atoms with Gasteiger partial charge in [0.1, 0.15) is 104 Å². The second-order valence-corrected chi connectivity index (χ2v) is 32.2. The molecule has 8 amide bonds. The Morgan fingerprint density at radius 3 is 1.29 bits per heavy atom. The summed E-state index contributed by atoms with van der Waals surface area (Å²) in [5.74, 6) is -3.63. The van der Waals surface area contributed by atoms with Crippen molar-refractivity contribution in [2.45, 2.75) is 195 Å². The molecule has 0 aromatic heterocycles. The minimum Gasteiger partial charge on any atom is -0.780 e. The van der Waals surface area contributed by atoms with Crippen LogP contribution in [0.2, 0.25) is 0 Å². The van der Waals surface area contributed by atoms with Crippen LogP contribution in [0.5, 0.6) is 0 Å². The van der Waals surface area contributed by atoms with Crippen LogP contribution in [0.25, 0.3) is 0 Å². The van der Waals surface area contributed by atoms with E-state index in [4.69, 9.17) is 94.3 Å². The smallest absolute Gasteiger partial charge is 0.222 e. The van der Waals surface area contributed by atoms with Crippen LogP contribution in [-0.2, 0) is 137 Å². The summed E-state index contributed by atoms with van der Waals surface area (Å²) in [7, 11) is 1.15. The van der Waals surface area contributed by atoms with Crippen molar-refractivity contribution in [1.29, 1.82) is 0 Å². The molecule has 43 nitrogen and oxygen atoms in total. The van der Waals surface area contributed by atoms with E-state index in [1.807, 2.05) is 0 Å². The summed E-state index contributed by atoms with van der Waals surface area (Å²) in [6.45, 7) is -6.38. The molecule has 6 fully saturated rings. The molecule has 15 N–H and O–H groups in total. The van der Waals surface area contributed by atoms with Crippen molar-refractivity contribution in [1.82, 2.24) is 46.6 Å². The Hall–Kier alpha value is -4.05. The summed E-state index contributed by atoms with van der Waals surface area (Å²) in [6, 6.07) is -3.51. The predicted molar refractivity (Wildman–Crippen MR) is 382 cm³/mol. The summed E-state index contributed by atoms with van der Waals surface area (Å²) >= 11 is 10.1. The Bertz CT molecular complexity index is 2910. The number of nitrogens with one attached hydrogen (secondary N) is 6. The first kappa shape index (κ1) is 95.8. The van der Waals surface area contributed by atoms with E-state index in [-0.39, 0.29) is 195 Å². The minimum absolute atomic E-state index is 0.00615. The number of likely N-dealkylation sites (tertiary alicyclic amines) is 1. The molecule has 640 valence electrons. The molecule has 47 heteroatoms. The first-order valence-corrected chi connectivity index (χ1v) is 41.8. The highest BCUT2D eigenvalue weighted by Gasteiger charge is 2.52. The predicted octanol–water partition coefficient (Wildman–Crippen LogP) is -8.80. The second kappa shape index (κ2) is 49.2. The van der Waals surface area contributed by atoms with Crippen LogP contribution in [0.3, 0.4) is 0 Å². The molecule has 6 saturated heterocycles. The standard InChI is InChI=1S/C64H113N9O34P2S2/c1-37(77)68-51-57(88)54(85)41(32-74)102-62(51)97-29-26-94-23-13-65-46(80)10-16-71(17-11-47(81)66-14-24-95-27-30-98-63-52(69-38(2)78)58(89)55(86)42(33-75)103-63)21-22-73(20-12-48(82)67-15-25-96-28-31-99-64-53(70-39(3)79)59(90)56(87)43(34-76)104-64)50(84)7-5-6-49(83)72-18-8-40(9-19-72)105-109(92,111)107-45-36-101-60-44(35-100-61(45)60)106-108(91,110)93-4/h40-45,51-64,74-76,85-90H,5-36H2,1-4H3,(H,65,80)(H,66,81)(H,67,82)(H,68,77)(H,69,78)(H,70,79)(H,91,110)(H,92,111)/p-2/t41?,42?,43?,44-,45-,51?,52?,53?,54?,55?,56?,57?,58?,59?,60-,61-,62?,63?,64?,108?,109?/m1/s1. The number of rotatable bonds is 50. The van der Waals surface area contributed by atoms with Gasteiger partial charge in [-0.05, 0) is 19.3 Å². The van der Waals surface area contributed by atoms with E-state index in [9.17, 15) is 93.8 Å². The molecule has 6 heterocycles. The highest BCUT2D eigenvalue weighted by molar-refractivity contribution is 8.32. The zero-order chi connectivity index (χ0) is 81.4. The van der Waals surface area contributed by atoms with Gasteiger partial charge in [0.2, 0.25) is 47.3 Å². The van der Waals surface area contributed by atoms with Gasteiger partial charge in [-0.3, -0.25) is 42.9 Å². The SMILES string of the molecule is COP(=O)([S-])O[C@@H]1CO[C@H]2[C@@H]1OC[C@H]2OP([O-])(=S)OC1CCN(C(=O)CCCC(=O)N(CCC(=O)NCCOCCOC2OC(CO)C(O)C(O)C2NC(C)=O)CCN(CCC(=O)NCCOCCOC2OC(CO)C(O)C(O)C2NC(C)=O)CCC(=O)NCCOCCOC2OC(CO)C(O)C(O)C2NC(C)=O)CC1. The molecule has 0 aliphatic carbocycles. The molecule has 21 atom stereocenters. The summed E-state index contributed by atoms with van der Waals surface area (Å²) < 4.78 is 96.0. The van der Waals surface area contributed by atoms with Crippen LogP contribution in [0.1, 0.15) is 72.1 Å². The average Bonchev–Trinajstić information content (AvgIpc) is 1.69. The first-order chi connectivity index (χ1) is 52.9. The van der Waals surface area contributed by atoms with E-state index in [0.29, 0.717) is 0 Å². The van der Waals surface area contributed by atoms with E-state index < -0.39 is 197 Å². The molecule has 111 heavy (non-hydrogen) atoms. The Kier molecular flexibility index (Phi) is 42.5. The number of carbonyl (C=O) groups excluding carboxylic acids is 8. The van der Waals surface area contributed by atoms with E-state index in [1.165, 1.54) is 25.7 Å². The van der Waals surface area contributed by atoms with Crippen molar-refractivity contribution in [3.63, 3.8) is 0 Å². The quantitative estimate of drug-likeness (QED) is 0.0153. The molecular formula is C64H111N9O34P2S2-2. The van der Waals surface area contributed by atoms with Crippen LogP contribution in [0, 0.1) is 0 Å². The van der Waals surface area contributed by atoms with Gasteiger partial charge in [-0.15, -0.1) is 0 Å². The molecule has 6 aliphatic rings. The van der Waals surface area contributed by atoms with Crippen LogP contribution in [0.15, 0.2) is 0 Å². The molecule has 0 saturated carbocycles. The van der Waals surface area contributed by atoms with Gasteiger partial charge < -0.3 is 180 Å². The maximum Gasteiger partial charge on any atom is 0.222 e. The lowest BCUT2D eigenvalue weighted by Crippen LogP contribution is -2.64. The van der Waals surface area contributed by atoms with Crippen LogP contribution < -0.4 is 36.8 Å². The molecule has 6 aliphatic heterocycles. The third kappa shape index (κ3) is 32.4. The van der Waals surface area contributed by atoms with Gasteiger partial charge in [-0.25, -0.2) is 0 Å². The van der Waals surface area contributed by atoms with E-state index in [2.05, 4.69) is 31.9 Å². The Morgan fingerprint density at radius 1 is 0.523 bits per heavy atom. The van der Waals surface area contributed by atoms with E-state index in [1.54, 1.807) is 9.80 Å². The normalized spacial score (nSPS) is 30.0. The molecule has 0 aromatic rings. The topological polar surface area (TPSA) is 579 Å². The van der Waals surface area contributed by atoms with Crippen molar-refractivity contribution in [3.8, 4) is 0 Å². The molecule has 17 unspecified atom stereocenters. The lowest BCUT2D eigenvalue weighted by molar-refractivity contribution is -0.272. The van der Waals surface area contributed by atoms with Crippen molar-refractivity contribution < 1.29 is 164 Å². The highest BCUT2D eigenvalue weighted by atomic mass is 32.7. The summed E-state index contributed by atoms with van der Waals surface area (Å²) in [4.78, 5) is 122. The maximum atomic E-state index is 14.3. The van der Waals surface area contributed by atoms with Gasteiger partial charge >= 0.3 is 0 Å². The zero-order valence-corrected chi connectivity index (χ0v) is 65.9. The van der Waals surface area contributed by atoms with Gasteiger partial charge in [-0.1, -0.05) is 11.8 Å². The molecule has 6 rings (SSSR count). The molecule has 0 bridgehead atoms. The summed E-state index contributed by atoms with van der Waals surface area (Å²) in [6.07, 6.45) is -20.4. The van der Waals surface area contributed by atoms with Crippen molar-refractivity contribution >= 4 is 84.8 Å². The number of fused-ring (bicyclic) bond motifs is 1. The van der Waals surface area contributed by atoms with Crippen LogP contribution >= 0.6 is 13.5 Å². The van der Waals surface area contributed by atoms with E-state index in [0.717, 1.165) is 7.11 Å². The summed E-state index contributed by atoms with van der Waals surface area (Å²) in [5, 5.41) is 107. The van der Waals surface area contributed by atoms with Gasteiger partial charge in [0, 0.05) is 125 Å². The Labute approximate surface area is 652 Å². The number of aliphatic hydroxyl groups is 9. The second-order valence-electron chi connectivity index (χ2n) is 26.8. The number of ether oxygens (including phenoxy) is 11. The molecule has 0 spiro atoms. The number of aliphatic hydroxyl groups excluding tert-OH is 9. The number of hydrogen-bond acceptors (Lipinski definition) is 37. The van der Waals surface area contributed by atoms with Gasteiger partial charge in [0.25, 0.3) is 0 Å². The number of nitrogens with zero attached hydrogens (tertiary/aromatic N) is 3. The van der Waals surface area contributed by atoms with E-state index >= 15 is 0 Å². The number of carbonyl (C=O) groups is 8. The average molecular weight is 1680 g/mol. The fourth-order valence-corrected chi connectivity index (χ4v) is 15.5. The number of piperidine rings is 1. The zero-order valence-electron chi connectivity index (χ0n) is 62.5. The molecule has 0 aromatic carbocycles. The monoisotopic (exact) mass is 1680 g/mol. The molecular weight excluding hydrogens is 1560 g/mol. The third-order valence-electron chi connectivity index (χ3n) is 18.5. The van der Waals surface area contributed by atoms with Crippen LogP contribution in [-0.4, -0.2) is 395 Å². The molecule has 0 radical (unpaired) electrons. The van der Waals surface area contributed by atoms with Crippen molar-refractivity contribution in [2.75, 3.05) is 165 Å². The number of amides is 8. The third-order valence-corrected chi connectivity index (χ3v) is 21.8. The largest absolute Gasteiger partial charge is 0.780 e. The highest BCUT2D eigenvalue weighted by Crippen LogP contribution is 2.51. The van der Waals surface area contributed by atoms with Gasteiger partial charge in [0.05, 0.1) is 98.6 Å². The Morgan fingerprint density at radius 2 is 0.910 bits per heavy atom.